The Labute approximate surface area is 173 Å². The fraction of sp³-hybridized carbons (Fsp3) is 0.720. The van der Waals surface area contributed by atoms with E-state index in [2.05, 4.69) is 12.1 Å². The molecular formula is C25H43NO2. The number of nitrogens with two attached hydrogens (primary N) is 1. The highest BCUT2D eigenvalue weighted by Gasteiger charge is 2.15. The molecule has 0 spiro atoms. The minimum absolute atomic E-state index is 0.0547. The van der Waals surface area contributed by atoms with Crippen molar-refractivity contribution in [1.82, 2.24) is 0 Å². The van der Waals surface area contributed by atoms with Crippen LogP contribution in [0.4, 0.5) is 5.69 Å². The summed E-state index contributed by atoms with van der Waals surface area (Å²) in [7, 11) is 0. The summed E-state index contributed by atoms with van der Waals surface area (Å²) in [5, 5.41) is 0. The van der Waals surface area contributed by atoms with Gasteiger partial charge in [-0.25, -0.2) is 0 Å². The molecular weight excluding hydrogens is 346 g/mol. The third-order valence-electron chi connectivity index (χ3n) is 5.00. The first kappa shape index (κ1) is 24.5. The van der Waals surface area contributed by atoms with Crippen LogP contribution in [0.25, 0.3) is 0 Å². The van der Waals surface area contributed by atoms with Crippen LogP contribution in [-0.4, -0.2) is 11.6 Å². The van der Waals surface area contributed by atoms with Crippen LogP contribution < -0.4 is 5.73 Å². The van der Waals surface area contributed by atoms with Crippen molar-refractivity contribution in [3.8, 4) is 0 Å². The van der Waals surface area contributed by atoms with E-state index >= 15 is 0 Å². The molecule has 28 heavy (non-hydrogen) atoms. The van der Waals surface area contributed by atoms with Crippen LogP contribution in [-0.2, 0) is 16.0 Å². The Morgan fingerprint density at radius 2 is 1.18 bits per heavy atom. The number of benzene rings is 1. The summed E-state index contributed by atoms with van der Waals surface area (Å²) in [6.07, 6.45) is 17.2. The molecule has 0 amide bonds. The molecule has 0 unspecified atom stereocenters. The number of carbonyl (C=O) groups excluding carboxylic acids is 1. The van der Waals surface area contributed by atoms with E-state index in [1.165, 1.54) is 76.2 Å². The molecule has 0 fully saturated rings. The highest BCUT2D eigenvalue weighted by atomic mass is 16.6. The standard InChI is InChI=1S/C25H43NO2/c1-25(2,3)28-24(27)17-15-13-11-9-7-5-4-6-8-10-12-14-16-22-18-20-23(26)21-19-22/h18-21H,4-17,26H2,1-3H3. The first-order valence-electron chi connectivity index (χ1n) is 11.4. The summed E-state index contributed by atoms with van der Waals surface area (Å²) in [6, 6.07) is 8.28. The van der Waals surface area contributed by atoms with E-state index in [0.717, 1.165) is 18.5 Å². The molecule has 0 bridgehead atoms. The molecule has 3 heteroatoms. The van der Waals surface area contributed by atoms with E-state index in [1.54, 1.807) is 0 Å². The molecule has 0 radical (unpaired) electrons. The highest BCUT2D eigenvalue weighted by molar-refractivity contribution is 5.69. The summed E-state index contributed by atoms with van der Waals surface area (Å²) >= 11 is 0. The van der Waals surface area contributed by atoms with Crippen LogP contribution in [0.1, 0.15) is 110 Å². The third kappa shape index (κ3) is 14.5. The van der Waals surface area contributed by atoms with Gasteiger partial charge in [0.15, 0.2) is 0 Å². The largest absolute Gasteiger partial charge is 0.460 e. The monoisotopic (exact) mass is 389 g/mol. The molecule has 0 saturated heterocycles. The Balaban J connectivity index is 1.79. The molecule has 3 nitrogen and oxygen atoms in total. The molecule has 0 aliphatic carbocycles. The van der Waals surface area contributed by atoms with Gasteiger partial charge in [-0.05, 0) is 57.7 Å². The number of aryl methyl sites for hydroxylation is 1. The van der Waals surface area contributed by atoms with Crippen molar-refractivity contribution in [2.45, 2.75) is 116 Å². The van der Waals surface area contributed by atoms with Gasteiger partial charge in [-0.1, -0.05) is 76.3 Å². The minimum Gasteiger partial charge on any atom is -0.460 e. The van der Waals surface area contributed by atoms with Gasteiger partial charge in [-0.2, -0.15) is 0 Å². The van der Waals surface area contributed by atoms with Crippen LogP contribution in [0.2, 0.25) is 0 Å². The van der Waals surface area contributed by atoms with E-state index in [9.17, 15) is 4.79 Å². The lowest BCUT2D eigenvalue weighted by Crippen LogP contribution is -2.23. The van der Waals surface area contributed by atoms with Gasteiger partial charge in [0.25, 0.3) is 0 Å². The van der Waals surface area contributed by atoms with Crippen molar-refractivity contribution >= 4 is 11.7 Å². The van der Waals surface area contributed by atoms with Gasteiger partial charge in [-0.3, -0.25) is 4.79 Å². The smallest absolute Gasteiger partial charge is 0.306 e. The average Bonchev–Trinajstić information content (AvgIpc) is 2.62. The number of anilines is 1. The van der Waals surface area contributed by atoms with Crippen LogP contribution in [0.5, 0.6) is 0 Å². The summed E-state index contributed by atoms with van der Waals surface area (Å²) < 4.78 is 5.33. The maximum Gasteiger partial charge on any atom is 0.306 e. The lowest BCUT2D eigenvalue weighted by atomic mass is 10.0. The fourth-order valence-corrected chi connectivity index (χ4v) is 3.44. The predicted molar refractivity (Wildman–Crippen MR) is 120 cm³/mol. The molecule has 0 heterocycles. The number of unbranched alkanes of at least 4 members (excludes halogenated alkanes) is 11. The molecule has 1 aromatic rings. The zero-order valence-electron chi connectivity index (χ0n) is 18.6. The minimum atomic E-state index is -0.353. The number of ether oxygens (including phenoxy) is 1. The lowest BCUT2D eigenvalue weighted by Gasteiger charge is -2.19. The lowest BCUT2D eigenvalue weighted by molar-refractivity contribution is -0.154. The van der Waals surface area contributed by atoms with Crippen LogP contribution in [0.3, 0.4) is 0 Å². The SMILES string of the molecule is CC(C)(C)OC(=O)CCCCCCCCCCCCCCc1ccc(N)cc1. The number of esters is 1. The summed E-state index contributed by atoms with van der Waals surface area (Å²) in [5.41, 5.74) is 7.61. The Hall–Kier alpha value is -1.51. The van der Waals surface area contributed by atoms with Gasteiger partial charge in [0.1, 0.15) is 5.60 Å². The van der Waals surface area contributed by atoms with Crippen LogP contribution in [0, 0.1) is 0 Å². The highest BCUT2D eigenvalue weighted by Crippen LogP contribution is 2.15. The fourth-order valence-electron chi connectivity index (χ4n) is 3.44. The van der Waals surface area contributed by atoms with Gasteiger partial charge in [0.05, 0.1) is 0 Å². The molecule has 2 N–H and O–H groups in total. The first-order chi connectivity index (χ1) is 13.4. The molecule has 0 saturated carbocycles. The molecule has 0 aliphatic heterocycles. The van der Waals surface area contributed by atoms with E-state index in [0.29, 0.717) is 6.42 Å². The number of hydrogen-bond acceptors (Lipinski definition) is 3. The van der Waals surface area contributed by atoms with Crippen molar-refractivity contribution in [3.05, 3.63) is 29.8 Å². The Morgan fingerprint density at radius 1 is 0.750 bits per heavy atom. The molecule has 160 valence electrons. The molecule has 1 aromatic carbocycles. The molecule has 0 aliphatic rings. The van der Waals surface area contributed by atoms with E-state index < -0.39 is 0 Å². The summed E-state index contributed by atoms with van der Waals surface area (Å²) in [4.78, 5) is 11.6. The average molecular weight is 390 g/mol. The van der Waals surface area contributed by atoms with Crippen molar-refractivity contribution < 1.29 is 9.53 Å². The van der Waals surface area contributed by atoms with Crippen molar-refractivity contribution in [2.24, 2.45) is 0 Å². The maximum absolute atomic E-state index is 11.6. The second-order valence-corrected chi connectivity index (χ2v) is 9.07. The maximum atomic E-state index is 11.6. The zero-order valence-corrected chi connectivity index (χ0v) is 18.6. The van der Waals surface area contributed by atoms with Crippen molar-refractivity contribution in [3.63, 3.8) is 0 Å². The summed E-state index contributed by atoms with van der Waals surface area (Å²) in [6.45, 7) is 5.77. The van der Waals surface area contributed by atoms with E-state index in [4.69, 9.17) is 10.5 Å². The number of hydrogen-bond donors (Lipinski definition) is 1. The number of nitrogen functional groups attached to an aromatic ring is 1. The van der Waals surface area contributed by atoms with Gasteiger partial charge in [-0.15, -0.1) is 0 Å². The molecule has 1 rings (SSSR count). The van der Waals surface area contributed by atoms with Crippen molar-refractivity contribution in [2.75, 3.05) is 5.73 Å². The predicted octanol–water partition coefficient (Wildman–Crippen LogP) is 7.22. The zero-order chi connectivity index (χ0) is 20.7. The van der Waals surface area contributed by atoms with Crippen molar-refractivity contribution in [1.29, 1.82) is 0 Å². The van der Waals surface area contributed by atoms with Gasteiger partial charge < -0.3 is 10.5 Å². The van der Waals surface area contributed by atoms with E-state index in [1.807, 2.05) is 32.9 Å². The van der Waals surface area contributed by atoms with Crippen LogP contribution >= 0.6 is 0 Å². The Morgan fingerprint density at radius 3 is 1.64 bits per heavy atom. The first-order valence-corrected chi connectivity index (χ1v) is 11.4. The second-order valence-electron chi connectivity index (χ2n) is 9.07. The topological polar surface area (TPSA) is 52.3 Å². The third-order valence-corrected chi connectivity index (χ3v) is 5.00. The van der Waals surface area contributed by atoms with Gasteiger partial charge >= 0.3 is 5.97 Å². The van der Waals surface area contributed by atoms with E-state index in [-0.39, 0.29) is 11.6 Å². The van der Waals surface area contributed by atoms with Gasteiger partial charge in [0, 0.05) is 12.1 Å². The second kappa shape index (κ2) is 14.5. The normalized spacial score (nSPS) is 11.5. The number of carbonyl (C=O) groups is 1. The molecule has 0 atom stereocenters. The quantitative estimate of drug-likeness (QED) is 0.196. The Kier molecular flexibility index (Phi) is 12.7. The molecule has 0 aromatic heterocycles. The van der Waals surface area contributed by atoms with Gasteiger partial charge in [0.2, 0.25) is 0 Å². The Bertz CT molecular complexity index is 516. The summed E-state index contributed by atoms with van der Waals surface area (Å²) in [5.74, 6) is -0.0547. The van der Waals surface area contributed by atoms with Crippen LogP contribution in [0.15, 0.2) is 24.3 Å². The number of rotatable bonds is 15.